The normalized spacial score (nSPS) is 18.1. The Morgan fingerprint density at radius 1 is 1.24 bits per heavy atom. The minimum Gasteiger partial charge on any atom is -0.335 e. The van der Waals surface area contributed by atoms with Gasteiger partial charge in [0.05, 0.1) is 12.6 Å². The van der Waals surface area contributed by atoms with Gasteiger partial charge in [0, 0.05) is 32.7 Å². The first kappa shape index (κ1) is 19.8. The Kier molecular flexibility index (Phi) is 6.50. The van der Waals surface area contributed by atoms with Gasteiger partial charge in [0.15, 0.2) is 0 Å². The first-order chi connectivity index (χ1) is 11.7. The summed E-state index contributed by atoms with van der Waals surface area (Å²) in [4.78, 5) is 16.3. The van der Waals surface area contributed by atoms with E-state index in [2.05, 4.69) is 0 Å². The molecule has 7 nitrogen and oxygen atoms in total. The molecular weight excluding hydrogens is 347 g/mol. The molecule has 1 amide bonds. The predicted molar refractivity (Wildman–Crippen MR) is 93.3 cm³/mol. The van der Waals surface area contributed by atoms with Crippen LogP contribution in [-0.2, 0) is 15.0 Å². The number of nitrogens with two attached hydrogens (primary N) is 1. The van der Waals surface area contributed by atoms with Crippen LogP contribution in [0.3, 0.4) is 0 Å². The second kappa shape index (κ2) is 8.22. The Labute approximate surface area is 148 Å². The SMILES string of the molecule is CCN(C(=O)CN1CCN(S(N)(=O)=O)CC1)C(C)c1ccc(F)cc1. The number of amides is 1. The summed E-state index contributed by atoms with van der Waals surface area (Å²) in [6.07, 6.45) is 0. The van der Waals surface area contributed by atoms with Gasteiger partial charge in [0.25, 0.3) is 10.2 Å². The van der Waals surface area contributed by atoms with Gasteiger partial charge < -0.3 is 4.90 Å². The molecule has 1 saturated heterocycles. The van der Waals surface area contributed by atoms with Crippen molar-refractivity contribution in [1.82, 2.24) is 14.1 Å². The van der Waals surface area contributed by atoms with Crippen molar-refractivity contribution in [3.63, 3.8) is 0 Å². The molecule has 0 radical (unpaired) electrons. The maximum Gasteiger partial charge on any atom is 0.276 e. The number of piperazine rings is 1. The summed E-state index contributed by atoms with van der Waals surface area (Å²) in [7, 11) is -3.67. The maximum absolute atomic E-state index is 13.1. The number of carbonyl (C=O) groups excluding carboxylic acids is 1. The fraction of sp³-hybridized carbons (Fsp3) is 0.562. The Morgan fingerprint density at radius 2 is 1.80 bits per heavy atom. The number of nitrogens with zero attached hydrogens (tertiary/aromatic N) is 3. The molecule has 2 rings (SSSR count). The molecule has 2 N–H and O–H groups in total. The van der Waals surface area contributed by atoms with Crippen molar-refractivity contribution < 1.29 is 17.6 Å². The van der Waals surface area contributed by atoms with E-state index in [1.54, 1.807) is 17.0 Å². The van der Waals surface area contributed by atoms with Crippen molar-refractivity contribution in [3.05, 3.63) is 35.6 Å². The van der Waals surface area contributed by atoms with Crippen LogP contribution in [0.15, 0.2) is 24.3 Å². The molecule has 1 aromatic carbocycles. The topological polar surface area (TPSA) is 86.9 Å². The molecule has 9 heteroatoms. The number of hydrogen-bond donors (Lipinski definition) is 1. The van der Waals surface area contributed by atoms with Crippen molar-refractivity contribution in [3.8, 4) is 0 Å². The Balaban J connectivity index is 1.95. The van der Waals surface area contributed by atoms with E-state index < -0.39 is 10.2 Å². The van der Waals surface area contributed by atoms with E-state index >= 15 is 0 Å². The summed E-state index contributed by atoms with van der Waals surface area (Å²) in [5.41, 5.74) is 0.871. The summed E-state index contributed by atoms with van der Waals surface area (Å²) in [5, 5.41) is 5.12. The minimum atomic E-state index is -3.67. The zero-order chi connectivity index (χ0) is 18.6. The average molecular weight is 372 g/mol. The largest absolute Gasteiger partial charge is 0.335 e. The maximum atomic E-state index is 13.1. The molecule has 0 spiro atoms. The van der Waals surface area contributed by atoms with Crippen LogP contribution < -0.4 is 5.14 Å². The third-order valence-corrected chi connectivity index (χ3v) is 5.62. The van der Waals surface area contributed by atoms with Crippen LogP contribution in [0, 0.1) is 5.82 Å². The molecular formula is C16H25FN4O3S. The fourth-order valence-electron chi connectivity index (χ4n) is 3.01. The van der Waals surface area contributed by atoms with E-state index in [9.17, 15) is 17.6 Å². The van der Waals surface area contributed by atoms with E-state index in [-0.39, 0.29) is 37.4 Å². The number of benzene rings is 1. The summed E-state index contributed by atoms with van der Waals surface area (Å²) in [6.45, 7) is 6.06. The summed E-state index contributed by atoms with van der Waals surface area (Å²) in [5.74, 6) is -0.346. The van der Waals surface area contributed by atoms with Gasteiger partial charge in [-0.25, -0.2) is 9.53 Å². The van der Waals surface area contributed by atoms with E-state index in [1.165, 1.54) is 16.4 Å². The van der Waals surface area contributed by atoms with Crippen molar-refractivity contribution in [1.29, 1.82) is 0 Å². The first-order valence-corrected chi connectivity index (χ1v) is 9.78. The number of halogens is 1. The van der Waals surface area contributed by atoms with E-state index in [0.29, 0.717) is 19.6 Å². The predicted octanol–water partition coefficient (Wildman–Crippen LogP) is 0.556. The summed E-state index contributed by atoms with van der Waals surface area (Å²) in [6, 6.07) is 5.97. The molecule has 140 valence electrons. The monoisotopic (exact) mass is 372 g/mol. The molecule has 1 unspecified atom stereocenters. The van der Waals surface area contributed by atoms with Crippen molar-refractivity contribution in [2.24, 2.45) is 5.14 Å². The smallest absolute Gasteiger partial charge is 0.276 e. The number of rotatable bonds is 6. The zero-order valence-corrected chi connectivity index (χ0v) is 15.4. The van der Waals surface area contributed by atoms with Crippen molar-refractivity contribution >= 4 is 16.1 Å². The third kappa shape index (κ3) is 5.21. The lowest BCUT2D eigenvalue weighted by atomic mass is 10.1. The highest BCUT2D eigenvalue weighted by atomic mass is 32.2. The molecule has 1 atom stereocenters. The quantitative estimate of drug-likeness (QED) is 0.790. The van der Waals surface area contributed by atoms with E-state index in [1.807, 2.05) is 18.7 Å². The van der Waals surface area contributed by atoms with Gasteiger partial charge in [0.2, 0.25) is 5.91 Å². The molecule has 0 saturated carbocycles. The zero-order valence-electron chi connectivity index (χ0n) is 14.6. The molecule has 1 aromatic rings. The minimum absolute atomic E-state index is 0.0385. The highest BCUT2D eigenvalue weighted by molar-refractivity contribution is 7.86. The van der Waals surface area contributed by atoms with Crippen LogP contribution >= 0.6 is 0 Å². The lowest BCUT2D eigenvalue weighted by molar-refractivity contribution is -0.134. The Hall–Kier alpha value is -1.55. The highest BCUT2D eigenvalue weighted by Crippen LogP contribution is 2.21. The van der Waals surface area contributed by atoms with Gasteiger partial charge in [-0.05, 0) is 31.5 Å². The van der Waals surface area contributed by atoms with Gasteiger partial charge in [0.1, 0.15) is 5.82 Å². The van der Waals surface area contributed by atoms with Crippen LogP contribution in [0.25, 0.3) is 0 Å². The fourth-order valence-corrected chi connectivity index (χ4v) is 3.68. The second-order valence-corrected chi connectivity index (χ2v) is 7.67. The molecule has 0 aromatic heterocycles. The third-order valence-electron chi connectivity index (χ3n) is 4.53. The van der Waals surface area contributed by atoms with E-state index in [4.69, 9.17) is 5.14 Å². The molecule has 1 fully saturated rings. The second-order valence-electron chi connectivity index (χ2n) is 6.13. The number of likely N-dealkylation sites (N-methyl/N-ethyl adjacent to an activating group) is 1. The summed E-state index contributed by atoms with van der Waals surface area (Å²) < 4.78 is 36.9. The van der Waals surface area contributed by atoms with Gasteiger partial charge in [-0.3, -0.25) is 9.69 Å². The molecule has 0 aliphatic carbocycles. The average Bonchev–Trinajstić information content (AvgIpc) is 2.55. The molecule has 1 aliphatic heterocycles. The van der Waals surface area contributed by atoms with Gasteiger partial charge in [-0.2, -0.15) is 12.7 Å². The van der Waals surface area contributed by atoms with Crippen LogP contribution in [0.1, 0.15) is 25.5 Å². The Morgan fingerprint density at radius 3 is 2.28 bits per heavy atom. The molecule has 25 heavy (non-hydrogen) atoms. The summed E-state index contributed by atoms with van der Waals surface area (Å²) >= 11 is 0. The molecule has 1 heterocycles. The van der Waals surface area contributed by atoms with Gasteiger partial charge in [-0.1, -0.05) is 12.1 Å². The standard InChI is InChI=1S/C16H25FN4O3S/c1-3-21(13(2)14-4-6-15(17)7-5-14)16(22)12-19-8-10-20(11-9-19)25(18,23)24/h4-7,13H,3,8-12H2,1-2H3,(H2,18,23,24). The Bertz CT molecular complexity index is 688. The van der Waals surface area contributed by atoms with Gasteiger partial charge in [-0.15, -0.1) is 0 Å². The van der Waals surface area contributed by atoms with E-state index in [0.717, 1.165) is 5.56 Å². The number of hydrogen-bond acceptors (Lipinski definition) is 4. The van der Waals surface area contributed by atoms with Crippen LogP contribution in [0.5, 0.6) is 0 Å². The highest BCUT2D eigenvalue weighted by Gasteiger charge is 2.27. The lowest BCUT2D eigenvalue weighted by Crippen LogP contribution is -2.53. The van der Waals surface area contributed by atoms with Crippen molar-refractivity contribution in [2.45, 2.75) is 19.9 Å². The molecule has 0 bridgehead atoms. The molecule has 1 aliphatic rings. The van der Waals surface area contributed by atoms with Gasteiger partial charge >= 0.3 is 0 Å². The van der Waals surface area contributed by atoms with Crippen LogP contribution in [0.2, 0.25) is 0 Å². The number of carbonyl (C=O) groups is 1. The van der Waals surface area contributed by atoms with Crippen LogP contribution in [-0.4, -0.2) is 67.7 Å². The van der Waals surface area contributed by atoms with Crippen molar-refractivity contribution in [2.75, 3.05) is 39.3 Å². The first-order valence-electron chi connectivity index (χ1n) is 8.27. The van der Waals surface area contributed by atoms with Crippen LogP contribution in [0.4, 0.5) is 4.39 Å². The lowest BCUT2D eigenvalue weighted by Gasteiger charge is -2.35.